The average Bonchev–Trinajstić information content (AvgIpc) is 2.15. The van der Waals surface area contributed by atoms with Gasteiger partial charge in [0, 0.05) is 11.6 Å². The lowest BCUT2D eigenvalue weighted by Gasteiger charge is -2.07. The van der Waals surface area contributed by atoms with Crippen LogP contribution < -0.4 is 5.32 Å². The van der Waals surface area contributed by atoms with E-state index in [1.807, 2.05) is 12.1 Å². The van der Waals surface area contributed by atoms with Crippen LogP contribution in [0, 0.1) is 6.92 Å². The third kappa shape index (κ3) is 3.69. The molecule has 1 aromatic rings. The van der Waals surface area contributed by atoms with Crippen LogP contribution in [0.15, 0.2) is 18.2 Å². The lowest BCUT2D eigenvalue weighted by atomic mass is 10.1. The Hall–Kier alpha value is -0.530. The second kappa shape index (κ2) is 6.05. The van der Waals surface area contributed by atoms with Crippen LogP contribution in [0.1, 0.15) is 30.9 Å². The van der Waals surface area contributed by atoms with E-state index in [1.54, 1.807) is 0 Å². The van der Waals surface area contributed by atoms with Gasteiger partial charge in [-0.25, -0.2) is 0 Å². The van der Waals surface area contributed by atoms with Crippen molar-refractivity contribution in [3.05, 3.63) is 34.3 Å². The zero-order valence-electron chi connectivity index (χ0n) is 8.94. The fourth-order valence-electron chi connectivity index (χ4n) is 1.38. The normalized spacial score (nSPS) is 10.5. The van der Waals surface area contributed by atoms with Crippen molar-refractivity contribution in [1.29, 1.82) is 0 Å². The monoisotopic (exact) mass is 211 g/mol. The van der Waals surface area contributed by atoms with E-state index in [1.165, 1.54) is 24.0 Å². The van der Waals surface area contributed by atoms with Crippen LogP contribution in [0.5, 0.6) is 0 Å². The quantitative estimate of drug-likeness (QED) is 0.735. The second-order valence-electron chi connectivity index (χ2n) is 3.60. The summed E-state index contributed by atoms with van der Waals surface area (Å²) in [5.74, 6) is 0. The van der Waals surface area contributed by atoms with Crippen molar-refractivity contribution in [3.8, 4) is 0 Å². The summed E-state index contributed by atoms with van der Waals surface area (Å²) in [5, 5.41) is 4.24. The first-order valence-electron chi connectivity index (χ1n) is 5.19. The number of unbranched alkanes of at least 4 members (excludes halogenated alkanes) is 1. The summed E-state index contributed by atoms with van der Waals surface area (Å²) in [7, 11) is 0. The van der Waals surface area contributed by atoms with E-state index < -0.39 is 0 Å². The van der Waals surface area contributed by atoms with Crippen LogP contribution in [0.25, 0.3) is 0 Å². The lowest BCUT2D eigenvalue weighted by molar-refractivity contribution is 0.640. The molecule has 0 fully saturated rings. The molecule has 0 atom stereocenters. The lowest BCUT2D eigenvalue weighted by Crippen LogP contribution is -2.15. The Morgan fingerprint density at radius 2 is 2.14 bits per heavy atom. The van der Waals surface area contributed by atoms with E-state index in [-0.39, 0.29) is 0 Å². The molecule has 0 radical (unpaired) electrons. The number of nitrogens with one attached hydrogen (secondary N) is 1. The molecule has 0 aliphatic heterocycles. The minimum absolute atomic E-state index is 0.819. The van der Waals surface area contributed by atoms with Crippen molar-refractivity contribution in [2.45, 2.75) is 33.2 Å². The Kier molecular flexibility index (Phi) is 4.99. The number of hydrogen-bond donors (Lipinski definition) is 1. The molecule has 0 aliphatic carbocycles. The highest BCUT2D eigenvalue weighted by Gasteiger charge is 1.97. The van der Waals surface area contributed by atoms with Crippen LogP contribution >= 0.6 is 11.6 Å². The van der Waals surface area contributed by atoms with E-state index in [2.05, 4.69) is 25.2 Å². The minimum atomic E-state index is 0.819. The van der Waals surface area contributed by atoms with Gasteiger partial charge in [0.15, 0.2) is 0 Å². The molecule has 0 aromatic heterocycles. The van der Waals surface area contributed by atoms with Crippen molar-refractivity contribution >= 4 is 11.6 Å². The van der Waals surface area contributed by atoms with Gasteiger partial charge < -0.3 is 5.32 Å². The predicted molar refractivity (Wildman–Crippen MR) is 62.8 cm³/mol. The highest BCUT2D eigenvalue weighted by atomic mass is 35.5. The number of aryl methyl sites for hydroxylation is 1. The maximum Gasteiger partial charge on any atom is 0.0408 e. The molecular weight excluding hydrogens is 194 g/mol. The van der Waals surface area contributed by atoms with Gasteiger partial charge in [0.1, 0.15) is 0 Å². The second-order valence-corrected chi connectivity index (χ2v) is 4.04. The number of rotatable bonds is 5. The Balaban J connectivity index is 2.42. The number of hydrogen-bond acceptors (Lipinski definition) is 1. The van der Waals surface area contributed by atoms with Gasteiger partial charge in [-0.2, -0.15) is 0 Å². The van der Waals surface area contributed by atoms with Gasteiger partial charge >= 0.3 is 0 Å². The Labute approximate surface area is 91.5 Å². The standard InChI is InChI=1S/C12H18ClN/c1-3-4-7-14-9-11-5-6-12(13)8-10(11)2/h5-6,8,14H,3-4,7,9H2,1-2H3. The van der Waals surface area contributed by atoms with Crippen molar-refractivity contribution in [2.75, 3.05) is 6.54 Å². The summed E-state index contributed by atoms with van der Waals surface area (Å²) in [4.78, 5) is 0. The molecule has 0 amide bonds. The summed E-state index contributed by atoms with van der Waals surface area (Å²) >= 11 is 5.88. The smallest absolute Gasteiger partial charge is 0.0408 e. The van der Waals surface area contributed by atoms with Gasteiger partial charge in [-0.15, -0.1) is 0 Å². The maximum atomic E-state index is 5.88. The fourth-order valence-corrected chi connectivity index (χ4v) is 1.61. The molecule has 1 rings (SSSR count). The maximum absolute atomic E-state index is 5.88. The molecule has 1 aromatic carbocycles. The molecule has 0 saturated heterocycles. The molecule has 2 heteroatoms. The Bertz CT molecular complexity index is 284. The SMILES string of the molecule is CCCCNCc1ccc(Cl)cc1C. The molecule has 78 valence electrons. The average molecular weight is 212 g/mol. The van der Waals surface area contributed by atoms with Crippen LogP contribution in [0.3, 0.4) is 0 Å². The summed E-state index contributed by atoms with van der Waals surface area (Å²) in [6, 6.07) is 6.06. The molecular formula is C12H18ClN. The molecule has 0 unspecified atom stereocenters. The summed E-state index contributed by atoms with van der Waals surface area (Å²) in [6.07, 6.45) is 2.49. The third-order valence-electron chi connectivity index (χ3n) is 2.33. The first-order chi connectivity index (χ1) is 6.74. The highest BCUT2D eigenvalue weighted by molar-refractivity contribution is 6.30. The van der Waals surface area contributed by atoms with Crippen LogP contribution in [0.4, 0.5) is 0 Å². The molecule has 1 N–H and O–H groups in total. The highest BCUT2D eigenvalue weighted by Crippen LogP contribution is 2.14. The first kappa shape index (κ1) is 11.5. The van der Waals surface area contributed by atoms with E-state index in [0.717, 1.165) is 18.1 Å². The molecule has 0 aliphatic rings. The zero-order valence-corrected chi connectivity index (χ0v) is 9.69. The van der Waals surface area contributed by atoms with E-state index in [9.17, 15) is 0 Å². The Morgan fingerprint density at radius 3 is 2.79 bits per heavy atom. The minimum Gasteiger partial charge on any atom is -0.313 e. The molecule has 0 bridgehead atoms. The van der Waals surface area contributed by atoms with Crippen molar-refractivity contribution in [3.63, 3.8) is 0 Å². The molecule has 1 nitrogen and oxygen atoms in total. The van der Waals surface area contributed by atoms with Gasteiger partial charge in [-0.1, -0.05) is 31.0 Å². The van der Waals surface area contributed by atoms with Crippen LogP contribution in [-0.2, 0) is 6.54 Å². The summed E-state index contributed by atoms with van der Waals surface area (Å²) in [6.45, 7) is 6.35. The number of benzene rings is 1. The predicted octanol–water partition coefficient (Wildman–Crippen LogP) is 3.54. The van der Waals surface area contributed by atoms with Gasteiger partial charge in [0.05, 0.1) is 0 Å². The molecule has 0 spiro atoms. The van der Waals surface area contributed by atoms with Crippen LogP contribution in [0.2, 0.25) is 5.02 Å². The largest absolute Gasteiger partial charge is 0.313 e. The van der Waals surface area contributed by atoms with Crippen LogP contribution in [-0.4, -0.2) is 6.54 Å². The van der Waals surface area contributed by atoms with E-state index >= 15 is 0 Å². The molecule has 0 saturated carbocycles. The van der Waals surface area contributed by atoms with E-state index in [4.69, 9.17) is 11.6 Å². The molecule has 14 heavy (non-hydrogen) atoms. The topological polar surface area (TPSA) is 12.0 Å². The summed E-state index contributed by atoms with van der Waals surface area (Å²) in [5.41, 5.74) is 2.60. The fraction of sp³-hybridized carbons (Fsp3) is 0.500. The van der Waals surface area contributed by atoms with Crippen molar-refractivity contribution in [1.82, 2.24) is 5.32 Å². The first-order valence-corrected chi connectivity index (χ1v) is 5.57. The molecule has 0 heterocycles. The van der Waals surface area contributed by atoms with Crippen molar-refractivity contribution in [2.24, 2.45) is 0 Å². The van der Waals surface area contributed by atoms with Crippen molar-refractivity contribution < 1.29 is 0 Å². The van der Waals surface area contributed by atoms with Gasteiger partial charge in [0.2, 0.25) is 0 Å². The summed E-state index contributed by atoms with van der Waals surface area (Å²) < 4.78 is 0. The van der Waals surface area contributed by atoms with Gasteiger partial charge in [0.25, 0.3) is 0 Å². The number of halogens is 1. The van der Waals surface area contributed by atoms with E-state index in [0.29, 0.717) is 0 Å². The Morgan fingerprint density at radius 1 is 1.36 bits per heavy atom. The third-order valence-corrected chi connectivity index (χ3v) is 2.56. The van der Waals surface area contributed by atoms with Gasteiger partial charge in [-0.3, -0.25) is 0 Å². The van der Waals surface area contributed by atoms with Gasteiger partial charge in [-0.05, 0) is 43.1 Å². The zero-order chi connectivity index (χ0) is 10.4.